The largest absolute Gasteiger partial charge is 0.369 e. The first-order valence-corrected chi connectivity index (χ1v) is 9.81. The number of piperidine rings is 1. The van der Waals surface area contributed by atoms with Crippen molar-refractivity contribution >= 4 is 23.6 Å². The normalized spacial score (nSPS) is 17.3. The zero-order chi connectivity index (χ0) is 18.5. The van der Waals surface area contributed by atoms with Crippen LogP contribution in [0.25, 0.3) is 0 Å². The molecule has 1 fully saturated rings. The molecule has 26 heavy (non-hydrogen) atoms. The van der Waals surface area contributed by atoms with Gasteiger partial charge >= 0.3 is 0 Å². The number of thioether (sulfide) groups is 1. The van der Waals surface area contributed by atoms with E-state index in [4.69, 9.17) is 5.73 Å². The van der Waals surface area contributed by atoms with E-state index in [2.05, 4.69) is 22.1 Å². The van der Waals surface area contributed by atoms with Gasteiger partial charge in [-0.25, -0.2) is 4.98 Å². The molecule has 1 aromatic heterocycles. The molecule has 1 aliphatic rings. The van der Waals surface area contributed by atoms with E-state index in [0.29, 0.717) is 18.8 Å². The molecular formula is C19H24N4O2S. The van der Waals surface area contributed by atoms with E-state index in [0.717, 1.165) is 35.8 Å². The van der Waals surface area contributed by atoms with Crippen LogP contribution in [0.15, 0.2) is 35.5 Å². The number of nitrogens with zero attached hydrogens (tertiary/aromatic N) is 2. The Hall–Kier alpha value is -2.28. The Bertz CT molecular complexity index is 775. The second-order valence-electron chi connectivity index (χ2n) is 6.65. The summed E-state index contributed by atoms with van der Waals surface area (Å²) < 4.78 is 0. The third kappa shape index (κ3) is 4.66. The monoisotopic (exact) mass is 372 g/mol. The Kier molecular flexibility index (Phi) is 5.98. The first kappa shape index (κ1) is 18.5. The van der Waals surface area contributed by atoms with Crippen LogP contribution in [0.2, 0.25) is 0 Å². The van der Waals surface area contributed by atoms with Crippen LogP contribution in [0.1, 0.15) is 29.8 Å². The molecule has 2 aromatic rings. The molecule has 0 aliphatic carbocycles. The molecule has 1 aromatic carbocycles. The van der Waals surface area contributed by atoms with Gasteiger partial charge in [0.15, 0.2) is 5.16 Å². The Morgan fingerprint density at radius 3 is 2.85 bits per heavy atom. The number of nitrogens with one attached hydrogen (secondary N) is 1. The molecule has 6 nitrogen and oxygen atoms in total. The van der Waals surface area contributed by atoms with Gasteiger partial charge < -0.3 is 15.6 Å². The molecule has 0 spiro atoms. The lowest BCUT2D eigenvalue weighted by atomic mass is 9.97. The second-order valence-corrected chi connectivity index (χ2v) is 7.61. The fourth-order valence-electron chi connectivity index (χ4n) is 3.15. The SMILES string of the molecule is Cc1[nH]c(SCC(=O)N2CCC[C@H](C(N)=O)C2)nc1Cc1ccccc1. The summed E-state index contributed by atoms with van der Waals surface area (Å²) >= 11 is 1.40. The number of benzene rings is 1. The fourth-order valence-corrected chi connectivity index (χ4v) is 4.00. The number of nitrogens with two attached hydrogens (primary N) is 1. The van der Waals surface area contributed by atoms with Crippen LogP contribution in [0.4, 0.5) is 0 Å². The molecule has 1 saturated heterocycles. The number of likely N-dealkylation sites (tertiary alicyclic amines) is 1. The topological polar surface area (TPSA) is 92.1 Å². The highest BCUT2D eigenvalue weighted by Crippen LogP contribution is 2.21. The minimum Gasteiger partial charge on any atom is -0.369 e. The van der Waals surface area contributed by atoms with Crippen LogP contribution in [0.5, 0.6) is 0 Å². The van der Waals surface area contributed by atoms with Gasteiger partial charge in [-0.05, 0) is 25.3 Å². The van der Waals surface area contributed by atoms with E-state index in [-0.39, 0.29) is 17.7 Å². The number of aromatic nitrogens is 2. The van der Waals surface area contributed by atoms with Gasteiger partial charge in [-0.15, -0.1) is 0 Å². The standard InChI is InChI=1S/C19H24N4O2S/c1-13-16(10-14-6-3-2-4-7-14)22-19(21-13)26-12-17(24)23-9-5-8-15(11-23)18(20)25/h2-4,6-7,15H,5,8-12H2,1H3,(H2,20,25)(H,21,22)/t15-/m0/s1. The van der Waals surface area contributed by atoms with Crippen molar-refractivity contribution in [1.29, 1.82) is 0 Å². The predicted molar refractivity (Wildman–Crippen MR) is 102 cm³/mol. The van der Waals surface area contributed by atoms with Crippen molar-refractivity contribution in [1.82, 2.24) is 14.9 Å². The summed E-state index contributed by atoms with van der Waals surface area (Å²) in [5, 5.41) is 0.755. The van der Waals surface area contributed by atoms with Crippen LogP contribution < -0.4 is 5.73 Å². The molecule has 7 heteroatoms. The van der Waals surface area contributed by atoms with Gasteiger partial charge in [0, 0.05) is 25.2 Å². The number of amides is 2. The minimum atomic E-state index is -0.317. The average Bonchev–Trinajstić information content (AvgIpc) is 3.00. The Morgan fingerprint density at radius 1 is 1.35 bits per heavy atom. The fraction of sp³-hybridized carbons (Fsp3) is 0.421. The molecule has 138 valence electrons. The number of aromatic amines is 1. The summed E-state index contributed by atoms with van der Waals surface area (Å²) in [6.07, 6.45) is 2.36. The van der Waals surface area contributed by atoms with Crippen LogP contribution in [-0.2, 0) is 16.0 Å². The summed E-state index contributed by atoms with van der Waals surface area (Å²) in [7, 11) is 0. The molecule has 0 bridgehead atoms. The maximum atomic E-state index is 12.4. The Balaban J connectivity index is 1.55. The first-order valence-electron chi connectivity index (χ1n) is 8.82. The Morgan fingerprint density at radius 2 is 2.12 bits per heavy atom. The molecule has 0 saturated carbocycles. The molecule has 0 unspecified atom stereocenters. The summed E-state index contributed by atoms with van der Waals surface area (Å²) in [6, 6.07) is 10.2. The molecule has 1 aliphatic heterocycles. The smallest absolute Gasteiger partial charge is 0.233 e. The summed E-state index contributed by atoms with van der Waals surface area (Å²) in [6.45, 7) is 3.13. The van der Waals surface area contributed by atoms with Crippen LogP contribution in [0, 0.1) is 12.8 Å². The van der Waals surface area contributed by atoms with Gasteiger partial charge in [0.1, 0.15) is 0 Å². The Labute approximate surface area is 157 Å². The molecule has 0 radical (unpaired) electrons. The van der Waals surface area contributed by atoms with E-state index < -0.39 is 0 Å². The van der Waals surface area contributed by atoms with Gasteiger partial charge in [-0.2, -0.15) is 0 Å². The zero-order valence-corrected chi connectivity index (χ0v) is 15.7. The molecule has 3 N–H and O–H groups in total. The van der Waals surface area contributed by atoms with E-state index in [1.165, 1.54) is 17.3 Å². The van der Waals surface area contributed by atoms with Crippen molar-refractivity contribution in [3.63, 3.8) is 0 Å². The van der Waals surface area contributed by atoms with Crippen LogP contribution in [0.3, 0.4) is 0 Å². The highest BCUT2D eigenvalue weighted by atomic mass is 32.2. The van der Waals surface area contributed by atoms with Crippen LogP contribution in [-0.4, -0.2) is 45.5 Å². The molecule has 2 amide bonds. The summed E-state index contributed by atoms with van der Waals surface area (Å²) in [4.78, 5) is 33.4. The van der Waals surface area contributed by atoms with Gasteiger partial charge in [0.25, 0.3) is 0 Å². The number of primary amides is 1. The number of imidazole rings is 1. The third-order valence-corrected chi connectivity index (χ3v) is 5.55. The van der Waals surface area contributed by atoms with Crippen molar-refractivity contribution in [2.75, 3.05) is 18.8 Å². The lowest BCUT2D eigenvalue weighted by Crippen LogP contribution is -2.44. The van der Waals surface area contributed by atoms with E-state index in [9.17, 15) is 9.59 Å². The lowest BCUT2D eigenvalue weighted by Gasteiger charge is -2.31. The van der Waals surface area contributed by atoms with Gasteiger partial charge in [0.2, 0.25) is 11.8 Å². The summed E-state index contributed by atoms with van der Waals surface area (Å²) in [5.74, 6) is -0.202. The number of carbonyl (C=O) groups is 2. The maximum Gasteiger partial charge on any atom is 0.233 e. The van der Waals surface area contributed by atoms with E-state index in [1.54, 1.807) is 4.90 Å². The van der Waals surface area contributed by atoms with Gasteiger partial charge in [-0.3, -0.25) is 9.59 Å². The number of rotatable bonds is 6. The predicted octanol–water partition coefficient (Wildman–Crippen LogP) is 2.12. The van der Waals surface area contributed by atoms with Crippen molar-refractivity contribution in [2.45, 2.75) is 31.3 Å². The molecular weight excluding hydrogens is 348 g/mol. The second kappa shape index (κ2) is 8.40. The number of hydrogen-bond donors (Lipinski definition) is 2. The average molecular weight is 372 g/mol. The lowest BCUT2D eigenvalue weighted by molar-refractivity contribution is -0.132. The van der Waals surface area contributed by atoms with E-state index in [1.807, 2.05) is 25.1 Å². The van der Waals surface area contributed by atoms with Gasteiger partial charge in [0.05, 0.1) is 17.4 Å². The first-order chi connectivity index (χ1) is 12.5. The number of hydrogen-bond acceptors (Lipinski definition) is 4. The van der Waals surface area contributed by atoms with Crippen molar-refractivity contribution in [2.24, 2.45) is 11.7 Å². The van der Waals surface area contributed by atoms with Gasteiger partial charge in [-0.1, -0.05) is 42.1 Å². The van der Waals surface area contributed by atoms with Crippen molar-refractivity contribution < 1.29 is 9.59 Å². The minimum absolute atomic E-state index is 0.0274. The van der Waals surface area contributed by atoms with Crippen molar-refractivity contribution in [3.8, 4) is 0 Å². The molecule has 1 atom stereocenters. The quantitative estimate of drug-likeness (QED) is 0.760. The highest BCUT2D eigenvalue weighted by molar-refractivity contribution is 7.99. The zero-order valence-electron chi connectivity index (χ0n) is 14.9. The highest BCUT2D eigenvalue weighted by Gasteiger charge is 2.27. The number of aryl methyl sites for hydroxylation is 1. The number of carbonyl (C=O) groups excluding carboxylic acids is 2. The molecule has 2 heterocycles. The van der Waals surface area contributed by atoms with Crippen LogP contribution >= 0.6 is 11.8 Å². The van der Waals surface area contributed by atoms with Crippen molar-refractivity contribution in [3.05, 3.63) is 47.3 Å². The van der Waals surface area contributed by atoms with E-state index >= 15 is 0 Å². The number of H-pyrrole nitrogens is 1. The third-order valence-electron chi connectivity index (χ3n) is 4.69. The molecule has 3 rings (SSSR count). The maximum absolute atomic E-state index is 12.4. The summed E-state index contributed by atoms with van der Waals surface area (Å²) in [5.41, 5.74) is 8.61.